The van der Waals surface area contributed by atoms with Gasteiger partial charge in [0.25, 0.3) is 0 Å². The molecule has 112 valence electrons. The van der Waals surface area contributed by atoms with Crippen molar-refractivity contribution in [1.29, 1.82) is 0 Å². The SMILES string of the molecule is COc1ccc(CNCC2(CCO)CCOC2)cc1Br. The van der Waals surface area contributed by atoms with Gasteiger partial charge in [-0.2, -0.15) is 0 Å². The average Bonchev–Trinajstić information content (AvgIpc) is 2.88. The van der Waals surface area contributed by atoms with E-state index in [2.05, 4.69) is 33.4 Å². The van der Waals surface area contributed by atoms with E-state index in [4.69, 9.17) is 9.47 Å². The van der Waals surface area contributed by atoms with Crippen LogP contribution in [0.4, 0.5) is 0 Å². The van der Waals surface area contributed by atoms with Crippen molar-refractivity contribution in [3.8, 4) is 5.75 Å². The first-order chi connectivity index (χ1) is 9.69. The van der Waals surface area contributed by atoms with Crippen LogP contribution in [0.1, 0.15) is 18.4 Å². The first-order valence-electron chi connectivity index (χ1n) is 6.91. The normalized spacial score (nSPS) is 22.1. The van der Waals surface area contributed by atoms with Crippen molar-refractivity contribution in [3.63, 3.8) is 0 Å². The highest BCUT2D eigenvalue weighted by molar-refractivity contribution is 9.10. The van der Waals surface area contributed by atoms with Crippen molar-refractivity contribution in [3.05, 3.63) is 28.2 Å². The highest BCUT2D eigenvalue weighted by atomic mass is 79.9. The van der Waals surface area contributed by atoms with Gasteiger partial charge in [0.15, 0.2) is 0 Å². The molecule has 1 aromatic carbocycles. The maximum Gasteiger partial charge on any atom is 0.133 e. The van der Waals surface area contributed by atoms with Gasteiger partial charge < -0.3 is 19.9 Å². The maximum atomic E-state index is 9.20. The number of aliphatic hydroxyl groups excluding tert-OH is 1. The van der Waals surface area contributed by atoms with Crippen LogP contribution in [0.25, 0.3) is 0 Å². The number of hydrogen-bond acceptors (Lipinski definition) is 4. The Morgan fingerprint density at radius 2 is 2.35 bits per heavy atom. The Bertz CT molecular complexity index is 433. The number of benzene rings is 1. The van der Waals surface area contributed by atoms with Gasteiger partial charge in [0.2, 0.25) is 0 Å². The summed E-state index contributed by atoms with van der Waals surface area (Å²) in [6.45, 7) is 3.44. The predicted octanol–water partition coefficient (Wildman–Crippen LogP) is 2.34. The molecule has 1 unspecified atom stereocenters. The summed E-state index contributed by atoms with van der Waals surface area (Å²) in [4.78, 5) is 0. The molecule has 1 atom stereocenters. The summed E-state index contributed by atoms with van der Waals surface area (Å²) in [7, 11) is 1.66. The molecule has 4 nitrogen and oxygen atoms in total. The van der Waals surface area contributed by atoms with E-state index < -0.39 is 0 Å². The molecule has 0 aliphatic carbocycles. The quantitative estimate of drug-likeness (QED) is 0.797. The largest absolute Gasteiger partial charge is 0.496 e. The molecule has 0 aromatic heterocycles. The van der Waals surface area contributed by atoms with Crippen LogP contribution in [-0.2, 0) is 11.3 Å². The third-order valence-corrected chi connectivity index (χ3v) is 4.49. The standard InChI is InChI=1S/C15H22BrNO3/c1-19-14-3-2-12(8-13(14)16)9-17-10-15(4-6-18)5-7-20-11-15/h2-3,8,17-18H,4-7,9-11H2,1H3. The number of methoxy groups -OCH3 is 1. The van der Waals surface area contributed by atoms with Crippen LogP contribution < -0.4 is 10.1 Å². The molecule has 0 saturated carbocycles. The molecule has 1 aromatic rings. The van der Waals surface area contributed by atoms with Gasteiger partial charge in [-0.15, -0.1) is 0 Å². The van der Waals surface area contributed by atoms with Gasteiger partial charge in [-0.05, 0) is 46.5 Å². The van der Waals surface area contributed by atoms with Crippen LogP contribution in [0.5, 0.6) is 5.75 Å². The highest BCUT2D eigenvalue weighted by Gasteiger charge is 2.33. The molecule has 5 heteroatoms. The second kappa shape index (κ2) is 7.41. The van der Waals surface area contributed by atoms with Crippen LogP contribution in [0.2, 0.25) is 0 Å². The van der Waals surface area contributed by atoms with E-state index in [1.165, 1.54) is 5.56 Å². The number of rotatable bonds is 7. The van der Waals surface area contributed by atoms with Gasteiger partial charge >= 0.3 is 0 Å². The summed E-state index contributed by atoms with van der Waals surface area (Å²) in [6, 6.07) is 6.08. The van der Waals surface area contributed by atoms with Crippen molar-refractivity contribution >= 4 is 15.9 Å². The van der Waals surface area contributed by atoms with Gasteiger partial charge in [-0.25, -0.2) is 0 Å². The second-order valence-electron chi connectivity index (χ2n) is 5.35. The van der Waals surface area contributed by atoms with Crippen LogP contribution in [0.3, 0.4) is 0 Å². The maximum absolute atomic E-state index is 9.20. The van der Waals surface area contributed by atoms with Crippen LogP contribution >= 0.6 is 15.9 Å². The van der Waals surface area contributed by atoms with E-state index >= 15 is 0 Å². The monoisotopic (exact) mass is 343 g/mol. The van der Waals surface area contributed by atoms with Crippen LogP contribution in [0.15, 0.2) is 22.7 Å². The molecule has 0 bridgehead atoms. The number of aliphatic hydroxyl groups is 1. The molecule has 2 rings (SSSR count). The van der Waals surface area contributed by atoms with E-state index in [9.17, 15) is 5.11 Å². The van der Waals surface area contributed by atoms with E-state index in [0.717, 1.165) is 49.4 Å². The van der Waals surface area contributed by atoms with Crippen molar-refractivity contribution < 1.29 is 14.6 Å². The Morgan fingerprint density at radius 1 is 1.50 bits per heavy atom. The van der Waals surface area contributed by atoms with Gasteiger partial charge in [-0.3, -0.25) is 0 Å². The van der Waals surface area contributed by atoms with Gasteiger partial charge in [0.1, 0.15) is 5.75 Å². The Labute approximate surface area is 128 Å². The molecule has 1 saturated heterocycles. The minimum absolute atomic E-state index is 0.0957. The molecule has 0 amide bonds. The summed E-state index contributed by atoms with van der Waals surface area (Å²) < 4.78 is 11.7. The smallest absolute Gasteiger partial charge is 0.133 e. The second-order valence-corrected chi connectivity index (χ2v) is 6.20. The summed E-state index contributed by atoms with van der Waals surface area (Å²) in [5, 5.41) is 12.7. The van der Waals surface area contributed by atoms with Crippen molar-refractivity contribution in [1.82, 2.24) is 5.32 Å². The molecule has 0 radical (unpaired) electrons. The Morgan fingerprint density at radius 3 is 2.95 bits per heavy atom. The topological polar surface area (TPSA) is 50.7 Å². The van der Waals surface area contributed by atoms with Crippen molar-refractivity contribution in [2.24, 2.45) is 5.41 Å². The molecule has 1 heterocycles. The number of nitrogens with one attached hydrogen (secondary N) is 1. The van der Waals surface area contributed by atoms with Crippen molar-refractivity contribution in [2.45, 2.75) is 19.4 Å². The highest BCUT2D eigenvalue weighted by Crippen LogP contribution is 2.31. The zero-order valence-corrected chi connectivity index (χ0v) is 13.4. The van der Waals surface area contributed by atoms with E-state index in [1.54, 1.807) is 7.11 Å². The molecule has 20 heavy (non-hydrogen) atoms. The lowest BCUT2D eigenvalue weighted by atomic mass is 9.84. The van der Waals surface area contributed by atoms with Crippen molar-refractivity contribution in [2.75, 3.05) is 33.5 Å². The van der Waals surface area contributed by atoms with Crippen LogP contribution in [-0.4, -0.2) is 38.6 Å². The molecule has 2 N–H and O–H groups in total. The lowest BCUT2D eigenvalue weighted by Gasteiger charge is -2.26. The molecular weight excluding hydrogens is 322 g/mol. The summed E-state index contributed by atoms with van der Waals surface area (Å²) in [5.41, 5.74) is 1.30. The lowest BCUT2D eigenvalue weighted by molar-refractivity contribution is 0.124. The molecule has 1 fully saturated rings. The number of hydrogen-bond donors (Lipinski definition) is 2. The molecule has 1 aliphatic rings. The molecule has 1 aliphatic heterocycles. The summed E-state index contributed by atoms with van der Waals surface area (Å²) in [5.74, 6) is 0.842. The average molecular weight is 344 g/mol. The van der Waals surface area contributed by atoms with Gasteiger partial charge in [0, 0.05) is 31.7 Å². The van der Waals surface area contributed by atoms with Gasteiger partial charge in [0.05, 0.1) is 18.2 Å². The Hall–Kier alpha value is -0.620. The van der Waals surface area contributed by atoms with E-state index in [1.807, 2.05) is 6.07 Å². The minimum Gasteiger partial charge on any atom is -0.496 e. The lowest BCUT2D eigenvalue weighted by Crippen LogP contribution is -2.35. The summed E-state index contributed by atoms with van der Waals surface area (Å²) in [6.07, 6.45) is 1.82. The zero-order chi connectivity index (χ0) is 14.4. The van der Waals surface area contributed by atoms with Gasteiger partial charge in [-0.1, -0.05) is 6.07 Å². The fourth-order valence-electron chi connectivity index (χ4n) is 2.60. The Balaban J connectivity index is 1.87. The number of halogens is 1. The fourth-order valence-corrected chi connectivity index (χ4v) is 3.19. The van der Waals surface area contributed by atoms with E-state index in [-0.39, 0.29) is 12.0 Å². The number of ether oxygens (including phenoxy) is 2. The Kier molecular flexibility index (Phi) is 5.84. The fraction of sp³-hybridized carbons (Fsp3) is 0.600. The van der Waals surface area contributed by atoms with E-state index in [0.29, 0.717) is 0 Å². The third kappa shape index (κ3) is 3.95. The first-order valence-corrected chi connectivity index (χ1v) is 7.70. The third-order valence-electron chi connectivity index (χ3n) is 3.87. The summed E-state index contributed by atoms with van der Waals surface area (Å²) >= 11 is 3.50. The minimum atomic E-state index is 0.0957. The molecule has 0 spiro atoms. The zero-order valence-electron chi connectivity index (χ0n) is 11.8. The molecular formula is C15H22BrNO3. The predicted molar refractivity (Wildman–Crippen MR) is 82.0 cm³/mol. The van der Waals surface area contributed by atoms with Crippen LogP contribution in [0, 0.1) is 5.41 Å². The first kappa shape index (κ1) is 15.8.